The van der Waals surface area contributed by atoms with Crippen molar-refractivity contribution in [3.8, 4) is 0 Å². The van der Waals surface area contributed by atoms with Crippen molar-refractivity contribution >= 4 is 23.8 Å². The highest BCUT2D eigenvalue weighted by Gasteiger charge is 2.33. The maximum atomic E-state index is 13.6. The number of piperazine rings is 1. The predicted octanol–water partition coefficient (Wildman–Crippen LogP) is 0.880. The van der Waals surface area contributed by atoms with E-state index in [-0.39, 0.29) is 17.8 Å². The van der Waals surface area contributed by atoms with Crippen LogP contribution in [0.5, 0.6) is 0 Å². The second kappa shape index (κ2) is 5.17. The number of imide groups is 1. The number of amides is 2. The lowest BCUT2D eigenvalue weighted by atomic mass is 10.1. The van der Waals surface area contributed by atoms with Crippen LogP contribution in [-0.4, -0.2) is 30.7 Å². The van der Waals surface area contributed by atoms with Crippen molar-refractivity contribution in [2.75, 3.05) is 11.4 Å². The Kier molecular flexibility index (Phi) is 3.59. The number of hydrogen-bond donors (Lipinski definition) is 1. The molecule has 1 N–H and O–H groups in total. The first kappa shape index (κ1) is 13.2. The molecule has 1 atom stereocenters. The van der Waals surface area contributed by atoms with Crippen LogP contribution in [0.1, 0.15) is 23.7 Å². The third-order valence-electron chi connectivity index (χ3n) is 3.10. The number of halogens is 1. The summed E-state index contributed by atoms with van der Waals surface area (Å²) in [5.74, 6) is -1.56. The molecular formula is C13H13FN2O3. The second-order valence-corrected chi connectivity index (χ2v) is 4.25. The van der Waals surface area contributed by atoms with Gasteiger partial charge in [-0.25, -0.2) is 4.39 Å². The number of rotatable bonds is 3. The van der Waals surface area contributed by atoms with Gasteiger partial charge in [0.15, 0.2) is 6.29 Å². The van der Waals surface area contributed by atoms with Crippen LogP contribution in [0.15, 0.2) is 18.2 Å². The highest BCUT2D eigenvalue weighted by Crippen LogP contribution is 2.25. The predicted molar refractivity (Wildman–Crippen MR) is 66.4 cm³/mol. The van der Waals surface area contributed by atoms with Crippen LogP contribution in [0.25, 0.3) is 0 Å². The molecule has 0 aliphatic carbocycles. The molecule has 1 fully saturated rings. The van der Waals surface area contributed by atoms with Crippen LogP contribution in [0.4, 0.5) is 10.1 Å². The zero-order chi connectivity index (χ0) is 14.0. The SMILES string of the molecule is CCC1C(=O)NC(=O)CN1c1cccc(F)c1C=O. The summed E-state index contributed by atoms with van der Waals surface area (Å²) in [7, 11) is 0. The van der Waals surface area contributed by atoms with E-state index in [1.165, 1.54) is 23.1 Å². The van der Waals surface area contributed by atoms with Gasteiger partial charge in [0.1, 0.15) is 11.9 Å². The van der Waals surface area contributed by atoms with Gasteiger partial charge in [-0.3, -0.25) is 19.7 Å². The molecule has 0 radical (unpaired) electrons. The molecule has 1 aromatic rings. The standard InChI is InChI=1S/C13H13FN2O3/c1-2-10-13(19)15-12(18)6-16(10)11-5-3-4-9(14)8(11)7-17/h3-5,7,10H,2,6H2,1H3,(H,15,18,19). The van der Waals surface area contributed by atoms with E-state index in [4.69, 9.17) is 0 Å². The number of carbonyl (C=O) groups is 3. The lowest BCUT2D eigenvalue weighted by molar-refractivity contribution is -0.132. The number of benzene rings is 1. The van der Waals surface area contributed by atoms with Crippen LogP contribution in [0, 0.1) is 5.82 Å². The fourth-order valence-corrected chi connectivity index (χ4v) is 2.22. The molecular weight excluding hydrogens is 251 g/mol. The molecule has 0 spiro atoms. The monoisotopic (exact) mass is 264 g/mol. The molecule has 0 saturated carbocycles. The van der Waals surface area contributed by atoms with Crippen LogP contribution in [-0.2, 0) is 9.59 Å². The van der Waals surface area contributed by atoms with Crippen LogP contribution in [0.3, 0.4) is 0 Å². The van der Waals surface area contributed by atoms with E-state index in [9.17, 15) is 18.8 Å². The van der Waals surface area contributed by atoms with E-state index in [0.717, 1.165) is 0 Å². The van der Waals surface area contributed by atoms with Gasteiger partial charge in [-0.15, -0.1) is 0 Å². The third-order valence-corrected chi connectivity index (χ3v) is 3.10. The van der Waals surface area contributed by atoms with E-state index in [1.807, 2.05) is 0 Å². The zero-order valence-electron chi connectivity index (χ0n) is 10.4. The molecule has 100 valence electrons. The minimum absolute atomic E-state index is 0.0749. The Hall–Kier alpha value is -2.24. The van der Waals surface area contributed by atoms with Gasteiger partial charge in [-0.05, 0) is 18.6 Å². The summed E-state index contributed by atoms with van der Waals surface area (Å²) in [5, 5.41) is 2.23. The number of aldehydes is 1. The number of hydrogen-bond acceptors (Lipinski definition) is 4. The summed E-state index contributed by atoms with van der Waals surface area (Å²) in [6.45, 7) is 1.71. The summed E-state index contributed by atoms with van der Waals surface area (Å²) in [5.41, 5.74) is 0.133. The van der Waals surface area contributed by atoms with Gasteiger partial charge in [-0.1, -0.05) is 13.0 Å². The molecule has 19 heavy (non-hydrogen) atoms. The Morgan fingerprint density at radius 1 is 1.47 bits per heavy atom. The maximum Gasteiger partial charge on any atom is 0.249 e. The van der Waals surface area contributed by atoms with E-state index < -0.39 is 23.7 Å². The topological polar surface area (TPSA) is 66.5 Å². The zero-order valence-corrected chi connectivity index (χ0v) is 10.4. The van der Waals surface area contributed by atoms with Gasteiger partial charge in [-0.2, -0.15) is 0 Å². The first-order valence-electron chi connectivity index (χ1n) is 5.92. The number of nitrogens with one attached hydrogen (secondary N) is 1. The quantitative estimate of drug-likeness (QED) is 0.650. The second-order valence-electron chi connectivity index (χ2n) is 4.25. The Bertz CT molecular complexity index is 545. The molecule has 1 aromatic carbocycles. The molecule has 1 heterocycles. The van der Waals surface area contributed by atoms with Crippen LogP contribution in [0.2, 0.25) is 0 Å². The van der Waals surface area contributed by atoms with Gasteiger partial charge in [0, 0.05) is 0 Å². The maximum absolute atomic E-state index is 13.6. The van der Waals surface area contributed by atoms with Crippen molar-refractivity contribution in [1.82, 2.24) is 5.32 Å². The van der Waals surface area contributed by atoms with Crippen molar-refractivity contribution in [2.45, 2.75) is 19.4 Å². The Morgan fingerprint density at radius 2 is 2.21 bits per heavy atom. The highest BCUT2D eigenvalue weighted by atomic mass is 19.1. The van der Waals surface area contributed by atoms with Crippen LogP contribution >= 0.6 is 0 Å². The molecule has 1 saturated heterocycles. The van der Waals surface area contributed by atoms with E-state index >= 15 is 0 Å². The molecule has 1 unspecified atom stereocenters. The number of carbonyl (C=O) groups excluding carboxylic acids is 3. The third kappa shape index (κ3) is 2.33. The average molecular weight is 264 g/mol. The van der Waals surface area contributed by atoms with Crippen LogP contribution < -0.4 is 10.2 Å². The summed E-state index contributed by atoms with van der Waals surface area (Å²) in [4.78, 5) is 35.7. The van der Waals surface area contributed by atoms with Crippen molar-refractivity contribution in [3.63, 3.8) is 0 Å². The number of anilines is 1. The fourth-order valence-electron chi connectivity index (χ4n) is 2.22. The van der Waals surface area contributed by atoms with Gasteiger partial charge < -0.3 is 4.90 Å². The van der Waals surface area contributed by atoms with Gasteiger partial charge in [0.05, 0.1) is 17.8 Å². The molecule has 5 nitrogen and oxygen atoms in total. The van der Waals surface area contributed by atoms with Crippen molar-refractivity contribution in [3.05, 3.63) is 29.6 Å². The van der Waals surface area contributed by atoms with E-state index in [0.29, 0.717) is 12.7 Å². The van der Waals surface area contributed by atoms with Crippen molar-refractivity contribution < 1.29 is 18.8 Å². The summed E-state index contributed by atoms with van der Waals surface area (Å²) >= 11 is 0. The van der Waals surface area contributed by atoms with Gasteiger partial charge >= 0.3 is 0 Å². The minimum atomic E-state index is -0.666. The molecule has 0 bridgehead atoms. The Balaban J connectivity index is 2.49. The lowest BCUT2D eigenvalue weighted by Gasteiger charge is -2.35. The first-order valence-corrected chi connectivity index (χ1v) is 5.92. The molecule has 1 aliphatic rings. The average Bonchev–Trinajstić information content (AvgIpc) is 2.37. The number of nitrogens with zero attached hydrogens (tertiary/aromatic N) is 1. The summed E-state index contributed by atoms with van der Waals surface area (Å²) in [6.07, 6.45) is 0.850. The minimum Gasteiger partial charge on any atom is -0.350 e. The largest absolute Gasteiger partial charge is 0.350 e. The molecule has 2 rings (SSSR count). The Labute approximate surface area is 109 Å². The van der Waals surface area contributed by atoms with Gasteiger partial charge in [0.2, 0.25) is 11.8 Å². The first-order chi connectivity index (χ1) is 9.08. The van der Waals surface area contributed by atoms with Gasteiger partial charge in [0.25, 0.3) is 0 Å². The fraction of sp³-hybridized carbons (Fsp3) is 0.308. The smallest absolute Gasteiger partial charge is 0.249 e. The highest BCUT2D eigenvalue weighted by molar-refractivity contribution is 6.05. The van der Waals surface area contributed by atoms with E-state index in [2.05, 4.69) is 5.32 Å². The molecule has 6 heteroatoms. The van der Waals surface area contributed by atoms with Crippen molar-refractivity contribution in [2.24, 2.45) is 0 Å². The Morgan fingerprint density at radius 3 is 2.84 bits per heavy atom. The lowest BCUT2D eigenvalue weighted by Crippen LogP contribution is -2.58. The normalized spacial score (nSPS) is 19.3. The van der Waals surface area contributed by atoms with E-state index in [1.54, 1.807) is 6.92 Å². The molecule has 0 aromatic heterocycles. The summed E-state index contributed by atoms with van der Waals surface area (Å²) < 4.78 is 13.6. The molecule has 1 aliphatic heterocycles. The van der Waals surface area contributed by atoms with Crippen molar-refractivity contribution in [1.29, 1.82) is 0 Å². The molecule has 2 amide bonds. The summed E-state index contributed by atoms with van der Waals surface area (Å²) in [6, 6.07) is 3.56.